The summed E-state index contributed by atoms with van der Waals surface area (Å²) in [5.74, 6) is 0.115. The molecule has 0 atom stereocenters. The molecule has 0 radical (unpaired) electrons. The molecule has 1 aliphatic heterocycles. The smallest absolute Gasteiger partial charge is 0.303 e. The Balaban J connectivity index is 2.33. The first kappa shape index (κ1) is 13.9. The molecule has 0 unspecified atom stereocenters. The predicted octanol–water partition coefficient (Wildman–Crippen LogP) is 2.44. The van der Waals surface area contributed by atoms with E-state index in [1.165, 1.54) is 11.1 Å². The van der Waals surface area contributed by atoms with Gasteiger partial charge in [-0.05, 0) is 43.0 Å². The van der Waals surface area contributed by atoms with Crippen molar-refractivity contribution in [2.24, 2.45) is 0 Å². The van der Waals surface area contributed by atoms with E-state index in [1.54, 1.807) is 7.11 Å². The molecule has 0 aromatic heterocycles. The molecule has 2 rings (SSSR count). The highest BCUT2D eigenvalue weighted by Gasteiger charge is 2.41. The third-order valence-electron chi connectivity index (χ3n) is 4.10. The van der Waals surface area contributed by atoms with Gasteiger partial charge in [-0.15, -0.1) is 0 Å². The number of rotatable bonds is 5. The van der Waals surface area contributed by atoms with Crippen molar-refractivity contribution < 1.29 is 19.4 Å². The van der Waals surface area contributed by atoms with E-state index in [4.69, 9.17) is 14.6 Å². The highest BCUT2D eigenvalue weighted by molar-refractivity contribution is 5.67. The summed E-state index contributed by atoms with van der Waals surface area (Å²) in [7, 11) is 1.66. The van der Waals surface area contributed by atoms with Crippen LogP contribution in [0.25, 0.3) is 0 Å². The number of aliphatic carboxylic acids is 1. The zero-order valence-corrected chi connectivity index (χ0v) is 11.7. The lowest BCUT2D eigenvalue weighted by Crippen LogP contribution is -2.47. The molecule has 1 aliphatic rings. The molecule has 104 valence electrons. The van der Waals surface area contributed by atoms with Gasteiger partial charge < -0.3 is 14.6 Å². The summed E-state index contributed by atoms with van der Waals surface area (Å²) in [5, 5.41) is 8.89. The fraction of sp³-hybridized carbons (Fsp3) is 0.533. The first-order valence-corrected chi connectivity index (χ1v) is 6.44. The number of carboxylic acid groups (broad SMARTS) is 1. The summed E-state index contributed by atoms with van der Waals surface area (Å²) in [5.41, 5.74) is 3.34. The molecule has 1 heterocycles. The molecule has 19 heavy (non-hydrogen) atoms. The fourth-order valence-electron chi connectivity index (χ4n) is 2.72. The Hall–Kier alpha value is -1.55. The van der Waals surface area contributed by atoms with Gasteiger partial charge in [0.2, 0.25) is 0 Å². The van der Waals surface area contributed by atoms with Crippen molar-refractivity contribution in [3.63, 3.8) is 0 Å². The van der Waals surface area contributed by atoms with Crippen LogP contribution in [-0.4, -0.2) is 31.4 Å². The van der Waals surface area contributed by atoms with E-state index < -0.39 is 5.97 Å². The molecule has 0 spiro atoms. The lowest BCUT2D eigenvalue weighted by atomic mass is 9.72. The molecule has 1 aromatic carbocycles. The van der Waals surface area contributed by atoms with E-state index in [2.05, 4.69) is 6.92 Å². The Morgan fingerprint density at radius 3 is 2.53 bits per heavy atom. The minimum atomic E-state index is -0.755. The van der Waals surface area contributed by atoms with Gasteiger partial charge in [0, 0.05) is 11.8 Å². The van der Waals surface area contributed by atoms with Gasteiger partial charge in [0.25, 0.3) is 0 Å². The molecular formula is C15H20O4. The van der Waals surface area contributed by atoms with Gasteiger partial charge in [-0.3, -0.25) is 4.79 Å². The number of carboxylic acids is 1. The molecule has 0 bridgehead atoms. The first-order chi connectivity index (χ1) is 9.00. The van der Waals surface area contributed by atoms with Crippen LogP contribution in [0.5, 0.6) is 5.75 Å². The van der Waals surface area contributed by atoms with Gasteiger partial charge in [-0.25, -0.2) is 0 Å². The van der Waals surface area contributed by atoms with E-state index in [0.717, 1.165) is 11.3 Å². The molecule has 1 fully saturated rings. The topological polar surface area (TPSA) is 55.8 Å². The fourth-order valence-corrected chi connectivity index (χ4v) is 2.72. The molecule has 0 saturated carbocycles. The largest absolute Gasteiger partial charge is 0.496 e. The van der Waals surface area contributed by atoms with Crippen molar-refractivity contribution in [3.05, 3.63) is 28.8 Å². The molecule has 4 nitrogen and oxygen atoms in total. The van der Waals surface area contributed by atoms with Gasteiger partial charge in [0.15, 0.2) is 0 Å². The number of ether oxygens (including phenoxy) is 2. The Morgan fingerprint density at radius 1 is 1.37 bits per heavy atom. The molecule has 0 amide bonds. The lowest BCUT2D eigenvalue weighted by molar-refractivity contribution is -0.139. The van der Waals surface area contributed by atoms with Crippen molar-refractivity contribution in [3.8, 4) is 5.75 Å². The average Bonchev–Trinajstić information content (AvgIpc) is 2.32. The third-order valence-corrected chi connectivity index (χ3v) is 4.10. The molecule has 1 N–H and O–H groups in total. The van der Waals surface area contributed by atoms with Crippen LogP contribution >= 0.6 is 0 Å². The zero-order valence-electron chi connectivity index (χ0n) is 11.7. The summed E-state index contributed by atoms with van der Waals surface area (Å²) in [6.07, 6.45) is 0.794. The monoisotopic (exact) mass is 264 g/mol. The Morgan fingerprint density at radius 2 is 2.05 bits per heavy atom. The van der Waals surface area contributed by atoms with E-state index in [-0.39, 0.29) is 11.8 Å². The maximum absolute atomic E-state index is 10.8. The summed E-state index contributed by atoms with van der Waals surface area (Å²) in [6.45, 7) is 5.30. The minimum Gasteiger partial charge on any atom is -0.496 e. The van der Waals surface area contributed by atoms with Crippen molar-refractivity contribution in [1.82, 2.24) is 0 Å². The number of carbonyl (C=O) groups is 1. The van der Waals surface area contributed by atoms with Gasteiger partial charge in [-0.1, -0.05) is 6.07 Å². The molecular weight excluding hydrogens is 244 g/mol. The summed E-state index contributed by atoms with van der Waals surface area (Å²) in [6, 6.07) is 4.00. The highest BCUT2D eigenvalue weighted by atomic mass is 16.5. The van der Waals surface area contributed by atoms with Crippen LogP contribution in [0, 0.1) is 13.8 Å². The van der Waals surface area contributed by atoms with Crippen LogP contribution in [0.1, 0.15) is 29.5 Å². The summed E-state index contributed by atoms with van der Waals surface area (Å²) >= 11 is 0. The van der Waals surface area contributed by atoms with Crippen molar-refractivity contribution in [1.29, 1.82) is 0 Å². The van der Waals surface area contributed by atoms with Gasteiger partial charge in [0.1, 0.15) is 5.75 Å². The standard InChI is InChI=1S/C15H20O4/c1-10-11(2)13(18-3)5-4-12(10)15(8-19-9-15)7-6-14(16)17/h4-5H,6-9H2,1-3H3,(H,16,17). The van der Waals surface area contributed by atoms with Crippen molar-refractivity contribution in [2.75, 3.05) is 20.3 Å². The summed E-state index contributed by atoms with van der Waals surface area (Å²) < 4.78 is 10.7. The van der Waals surface area contributed by atoms with Crippen LogP contribution in [-0.2, 0) is 14.9 Å². The Bertz CT molecular complexity index is 489. The van der Waals surface area contributed by atoms with Crippen LogP contribution < -0.4 is 4.74 Å². The number of hydrogen-bond acceptors (Lipinski definition) is 3. The maximum atomic E-state index is 10.8. The van der Waals surface area contributed by atoms with Crippen LogP contribution in [0.15, 0.2) is 12.1 Å². The molecule has 4 heteroatoms. The Labute approximate surface area is 113 Å². The van der Waals surface area contributed by atoms with Crippen molar-refractivity contribution >= 4 is 5.97 Å². The lowest BCUT2D eigenvalue weighted by Gasteiger charge is -2.43. The first-order valence-electron chi connectivity index (χ1n) is 6.44. The third kappa shape index (κ3) is 2.45. The number of methoxy groups -OCH3 is 1. The maximum Gasteiger partial charge on any atom is 0.303 e. The van der Waals surface area contributed by atoms with Crippen molar-refractivity contribution in [2.45, 2.75) is 32.1 Å². The average molecular weight is 264 g/mol. The van der Waals surface area contributed by atoms with E-state index >= 15 is 0 Å². The predicted molar refractivity (Wildman–Crippen MR) is 71.8 cm³/mol. The van der Waals surface area contributed by atoms with E-state index in [1.807, 2.05) is 19.1 Å². The van der Waals surface area contributed by atoms with Gasteiger partial charge >= 0.3 is 5.97 Å². The minimum absolute atomic E-state index is 0.139. The highest BCUT2D eigenvalue weighted by Crippen LogP contribution is 2.40. The zero-order chi connectivity index (χ0) is 14.0. The second-order valence-electron chi connectivity index (χ2n) is 5.23. The van der Waals surface area contributed by atoms with E-state index in [9.17, 15) is 4.79 Å². The van der Waals surface area contributed by atoms with Crippen LogP contribution in [0.2, 0.25) is 0 Å². The van der Waals surface area contributed by atoms with Crippen LogP contribution in [0.3, 0.4) is 0 Å². The number of hydrogen-bond donors (Lipinski definition) is 1. The second-order valence-corrected chi connectivity index (χ2v) is 5.23. The molecule has 1 aromatic rings. The van der Waals surface area contributed by atoms with Crippen LogP contribution in [0.4, 0.5) is 0 Å². The van der Waals surface area contributed by atoms with Gasteiger partial charge in [-0.2, -0.15) is 0 Å². The quantitative estimate of drug-likeness (QED) is 0.887. The molecule has 0 aliphatic carbocycles. The van der Waals surface area contributed by atoms with E-state index in [0.29, 0.717) is 19.6 Å². The van der Waals surface area contributed by atoms with Gasteiger partial charge in [0.05, 0.1) is 20.3 Å². The number of benzene rings is 1. The Kier molecular flexibility index (Phi) is 3.80. The second kappa shape index (κ2) is 5.21. The summed E-state index contributed by atoms with van der Waals surface area (Å²) in [4.78, 5) is 10.8. The normalized spacial score (nSPS) is 16.8. The molecule has 1 saturated heterocycles. The SMILES string of the molecule is COc1ccc(C2(CCC(=O)O)COC2)c(C)c1C.